The van der Waals surface area contributed by atoms with Crippen LogP contribution in [0.5, 0.6) is 0 Å². The van der Waals surface area contributed by atoms with E-state index in [1.165, 1.54) is 0 Å². The van der Waals surface area contributed by atoms with Gasteiger partial charge in [0.05, 0.1) is 31.1 Å². The molecule has 0 aliphatic carbocycles. The third kappa shape index (κ3) is 3.62. The summed E-state index contributed by atoms with van der Waals surface area (Å²) in [6.45, 7) is 4.83. The lowest BCUT2D eigenvalue weighted by Gasteiger charge is -2.07. The molecular formula is C12H20N6O. The zero-order valence-electron chi connectivity index (χ0n) is 11.6. The van der Waals surface area contributed by atoms with Crippen LogP contribution in [0.1, 0.15) is 17.2 Å². The van der Waals surface area contributed by atoms with Gasteiger partial charge in [0.2, 0.25) is 0 Å². The lowest BCUT2D eigenvalue weighted by Crippen LogP contribution is -2.22. The van der Waals surface area contributed by atoms with E-state index >= 15 is 0 Å². The van der Waals surface area contributed by atoms with Crippen LogP contribution in [0.25, 0.3) is 0 Å². The number of nitrogens with one attached hydrogen (secondary N) is 1. The van der Waals surface area contributed by atoms with Gasteiger partial charge < -0.3 is 10.1 Å². The normalized spacial score (nSPS) is 11.1. The number of hydrogen-bond acceptors (Lipinski definition) is 5. The molecule has 2 rings (SSSR count). The highest BCUT2D eigenvalue weighted by Crippen LogP contribution is 2.05. The largest absolute Gasteiger partial charge is 0.383 e. The molecule has 0 spiro atoms. The van der Waals surface area contributed by atoms with Crippen molar-refractivity contribution in [2.75, 3.05) is 20.3 Å². The summed E-state index contributed by atoms with van der Waals surface area (Å²) >= 11 is 0. The van der Waals surface area contributed by atoms with Crippen molar-refractivity contribution in [3.63, 3.8) is 0 Å². The molecule has 104 valence electrons. The first-order chi connectivity index (χ1) is 9.20. The van der Waals surface area contributed by atoms with E-state index < -0.39 is 0 Å². The number of aromatic nitrogens is 5. The van der Waals surface area contributed by atoms with Crippen molar-refractivity contribution >= 4 is 0 Å². The summed E-state index contributed by atoms with van der Waals surface area (Å²) in [6.07, 6.45) is 1.58. The third-order valence-corrected chi connectivity index (χ3v) is 2.87. The van der Waals surface area contributed by atoms with E-state index in [0.29, 0.717) is 19.7 Å². The standard InChI is InChI=1S/C12H20N6O/c1-10-6-11(17(2)16-10)8-18-12(14-9-15-18)7-13-4-5-19-3/h6,9,13H,4-5,7-8H2,1-3H3. The fourth-order valence-corrected chi connectivity index (χ4v) is 1.90. The van der Waals surface area contributed by atoms with Crippen LogP contribution < -0.4 is 5.32 Å². The molecule has 0 unspecified atom stereocenters. The molecule has 19 heavy (non-hydrogen) atoms. The van der Waals surface area contributed by atoms with Crippen molar-refractivity contribution in [1.29, 1.82) is 0 Å². The van der Waals surface area contributed by atoms with Gasteiger partial charge in [-0.05, 0) is 13.0 Å². The molecule has 0 aromatic carbocycles. The number of rotatable bonds is 7. The van der Waals surface area contributed by atoms with Gasteiger partial charge in [-0.15, -0.1) is 0 Å². The molecule has 0 radical (unpaired) electrons. The molecule has 2 aromatic heterocycles. The van der Waals surface area contributed by atoms with E-state index in [9.17, 15) is 0 Å². The molecule has 0 bridgehead atoms. The predicted octanol–water partition coefficient (Wildman–Crippen LogP) is 0.104. The second-order valence-corrected chi connectivity index (χ2v) is 4.40. The average molecular weight is 264 g/mol. The molecule has 0 aliphatic rings. The summed E-state index contributed by atoms with van der Waals surface area (Å²) in [7, 11) is 3.63. The minimum atomic E-state index is 0.679. The maximum absolute atomic E-state index is 4.99. The third-order valence-electron chi connectivity index (χ3n) is 2.87. The van der Waals surface area contributed by atoms with E-state index in [1.807, 2.05) is 23.3 Å². The van der Waals surface area contributed by atoms with Crippen LogP contribution in [-0.4, -0.2) is 44.8 Å². The lowest BCUT2D eigenvalue weighted by molar-refractivity contribution is 0.198. The van der Waals surface area contributed by atoms with Crippen LogP contribution in [0.4, 0.5) is 0 Å². The zero-order valence-corrected chi connectivity index (χ0v) is 11.6. The van der Waals surface area contributed by atoms with Crippen LogP contribution in [0, 0.1) is 6.92 Å². The Hall–Kier alpha value is -1.73. The number of aryl methyl sites for hydroxylation is 2. The van der Waals surface area contributed by atoms with E-state index in [-0.39, 0.29) is 0 Å². The van der Waals surface area contributed by atoms with Gasteiger partial charge in [-0.1, -0.05) is 0 Å². The molecule has 0 atom stereocenters. The summed E-state index contributed by atoms with van der Waals surface area (Å²) in [5.41, 5.74) is 2.12. The molecule has 7 heteroatoms. The Morgan fingerprint density at radius 2 is 2.26 bits per heavy atom. The van der Waals surface area contributed by atoms with Crippen molar-refractivity contribution in [2.45, 2.75) is 20.0 Å². The molecule has 0 fully saturated rings. The van der Waals surface area contributed by atoms with Crippen LogP contribution in [0.2, 0.25) is 0 Å². The molecule has 2 heterocycles. The van der Waals surface area contributed by atoms with E-state index in [4.69, 9.17) is 4.74 Å². The summed E-state index contributed by atoms with van der Waals surface area (Å²) in [6, 6.07) is 2.06. The van der Waals surface area contributed by atoms with Gasteiger partial charge in [0.1, 0.15) is 12.2 Å². The maximum Gasteiger partial charge on any atom is 0.141 e. The molecule has 7 nitrogen and oxygen atoms in total. The maximum atomic E-state index is 4.99. The Morgan fingerprint density at radius 3 is 2.95 bits per heavy atom. The minimum absolute atomic E-state index is 0.679. The first-order valence-electron chi connectivity index (χ1n) is 6.26. The topological polar surface area (TPSA) is 69.8 Å². The Morgan fingerprint density at radius 1 is 1.42 bits per heavy atom. The number of hydrogen-bond donors (Lipinski definition) is 1. The lowest BCUT2D eigenvalue weighted by atomic mass is 10.3. The molecule has 1 N–H and O–H groups in total. The van der Waals surface area contributed by atoms with Crippen molar-refractivity contribution in [3.05, 3.63) is 29.6 Å². The highest BCUT2D eigenvalue weighted by atomic mass is 16.5. The van der Waals surface area contributed by atoms with Gasteiger partial charge in [0.15, 0.2) is 0 Å². The predicted molar refractivity (Wildman–Crippen MR) is 70.7 cm³/mol. The number of nitrogens with zero attached hydrogens (tertiary/aromatic N) is 5. The first kappa shape index (κ1) is 13.7. The van der Waals surface area contributed by atoms with Gasteiger partial charge >= 0.3 is 0 Å². The Labute approximate surface area is 112 Å². The molecule has 0 amide bonds. The number of methoxy groups -OCH3 is 1. The van der Waals surface area contributed by atoms with Gasteiger partial charge in [-0.25, -0.2) is 9.67 Å². The van der Waals surface area contributed by atoms with Crippen molar-refractivity contribution < 1.29 is 4.74 Å². The molecule has 2 aromatic rings. The van der Waals surface area contributed by atoms with Crippen LogP contribution in [-0.2, 0) is 24.9 Å². The SMILES string of the molecule is COCCNCc1ncnn1Cc1cc(C)nn1C. The van der Waals surface area contributed by atoms with E-state index in [2.05, 4.69) is 26.6 Å². The van der Waals surface area contributed by atoms with Gasteiger partial charge in [0, 0.05) is 20.7 Å². The summed E-state index contributed by atoms with van der Waals surface area (Å²) in [4.78, 5) is 4.27. The second kappa shape index (κ2) is 6.44. The van der Waals surface area contributed by atoms with Gasteiger partial charge in [-0.2, -0.15) is 10.2 Å². The Balaban J connectivity index is 1.97. The summed E-state index contributed by atoms with van der Waals surface area (Å²) < 4.78 is 8.75. The monoisotopic (exact) mass is 264 g/mol. The fourth-order valence-electron chi connectivity index (χ4n) is 1.90. The van der Waals surface area contributed by atoms with Crippen LogP contribution >= 0.6 is 0 Å². The number of ether oxygens (including phenoxy) is 1. The molecular weight excluding hydrogens is 244 g/mol. The zero-order chi connectivity index (χ0) is 13.7. The quantitative estimate of drug-likeness (QED) is 0.719. The highest BCUT2D eigenvalue weighted by Gasteiger charge is 2.08. The Bertz CT molecular complexity index is 518. The Kier molecular flexibility index (Phi) is 4.64. The van der Waals surface area contributed by atoms with Crippen LogP contribution in [0.15, 0.2) is 12.4 Å². The highest BCUT2D eigenvalue weighted by molar-refractivity contribution is 5.09. The second-order valence-electron chi connectivity index (χ2n) is 4.40. The van der Waals surface area contributed by atoms with Gasteiger partial charge in [0.25, 0.3) is 0 Å². The van der Waals surface area contributed by atoms with Gasteiger partial charge in [-0.3, -0.25) is 4.68 Å². The first-order valence-corrected chi connectivity index (χ1v) is 6.26. The van der Waals surface area contributed by atoms with Crippen molar-refractivity contribution in [3.8, 4) is 0 Å². The van der Waals surface area contributed by atoms with E-state index in [0.717, 1.165) is 23.8 Å². The molecule has 0 aliphatic heterocycles. The average Bonchev–Trinajstić information content (AvgIpc) is 2.93. The van der Waals surface area contributed by atoms with Crippen molar-refractivity contribution in [1.82, 2.24) is 29.9 Å². The van der Waals surface area contributed by atoms with E-state index in [1.54, 1.807) is 13.4 Å². The molecule has 0 saturated carbocycles. The molecule has 0 saturated heterocycles. The summed E-state index contributed by atoms with van der Waals surface area (Å²) in [5.74, 6) is 0.912. The smallest absolute Gasteiger partial charge is 0.141 e. The van der Waals surface area contributed by atoms with Crippen molar-refractivity contribution in [2.24, 2.45) is 7.05 Å². The minimum Gasteiger partial charge on any atom is -0.383 e. The summed E-state index contributed by atoms with van der Waals surface area (Å²) in [5, 5.41) is 11.8. The fraction of sp³-hybridized carbons (Fsp3) is 0.583. The van der Waals surface area contributed by atoms with Crippen LogP contribution in [0.3, 0.4) is 0 Å².